The van der Waals surface area contributed by atoms with E-state index in [2.05, 4.69) is 4.99 Å². The second kappa shape index (κ2) is 7.25. The number of ether oxygens (including phenoxy) is 1. The zero-order valence-electron chi connectivity index (χ0n) is 13.9. The molecule has 132 valence electrons. The predicted octanol–water partition coefficient (Wildman–Crippen LogP) is 2.94. The zero-order valence-corrected chi connectivity index (χ0v) is 14.7. The Morgan fingerprint density at radius 1 is 1.12 bits per heavy atom. The van der Waals surface area contributed by atoms with E-state index in [-0.39, 0.29) is 10.6 Å². The molecule has 0 aliphatic carbocycles. The molecule has 0 spiro atoms. The summed E-state index contributed by atoms with van der Waals surface area (Å²) in [6.45, 7) is 1.16. The van der Waals surface area contributed by atoms with E-state index in [1.807, 2.05) is 0 Å². The van der Waals surface area contributed by atoms with Crippen LogP contribution in [0.4, 0.5) is 5.69 Å². The van der Waals surface area contributed by atoms with Crippen molar-refractivity contribution in [3.05, 3.63) is 48.0 Å². The number of methoxy groups -OCH3 is 1. The van der Waals surface area contributed by atoms with Gasteiger partial charge in [0.15, 0.2) is 0 Å². The number of phenols is 1. The van der Waals surface area contributed by atoms with Crippen LogP contribution in [-0.2, 0) is 10.0 Å². The van der Waals surface area contributed by atoms with Gasteiger partial charge in [-0.15, -0.1) is 0 Å². The fourth-order valence-corrected chi connectivity index (χ4v) is 4.21. The molecule has 1 fully saturated rings. The Kier molecular flexibility index (Phi) is 5.06. The number of hydrogen-bond acceptors (Lipinski definition) is 5. The molecule has 2 aromatic carbocycles. The molecule has 0 atom stereocenters. The lowest BCUT2D eigenvalue weighted by Gasteiger charge is -2.15. The van der Waals surface area contributed by atoms with Crippen molar-refractivity contribution in [3.8, 4) is 11.5 Å². The first-order valence-electron chi connectivity index (χ1n) is 8.02. The summed E-state index contributed by atoms with van der Waals surface area (Å²) in [5.74, 6) is 0.712. The average Bonchev–Trinajstić information content (AvgIpc) is 3.17. The molecular formula is C18H20N2O4S. The zero-order chi connectivity index (χ0) is 17.9. The Hall–Kier alpha value is -2.38. The molecule has 1 heterocycles. The van der Waals surface area contributed by atoms with E-state index in [0.717, 1.165) is 12.8 Å². The summed E-state index contributed by atoms with van der Waals surface area (Å²) in [5, 5.41) is 9.85. The van der Waals surface area contributed by atoms with Crippen LogP contribution < -0.4 is 4.74 Å². The largest absolute Gasteiger partial charge is 0.507 e. The van der Waals surface area contributed by atoms with Crippen molar-refractivity contribution in [2.45, 2.75) is 17.7 Å². The lowest BCUT2D eigenvalue weighted by atomic mass is 10.2. The van der Waals surface area contributed by atoms with E-state index in [0.29, 0.717) is 30.1 Å². The first-order chi connectivity index (χ1) is 12.0. The molecule has 1 saturated heterocycles. The van der Waals surface area contributed by atoms with Gasteiger partial charge in [-0.05, 0) is 55.3 Å². The molecule has 25 heavy (non-hydrogen) atoms. The van der Waals surface area contributed by atoms with E-state index >= 15 is 0 Å². The number of rotatable bonds is 5. The van der Waals surface area contributed by atoms with Crippen LogP contribution in [0.1, 0.15) is 18.4 Å². The second-order valence-corrected chi connectivity index (χ2v) is 7.73. The minimum absolute atomic E-state index is 0.0952. The van der Waals surface area contributed by atoms with Gasteiger partial charge >= 0.3 is 0 Å². The number of hydrogen-bond donors (Lipinski definition) is 1. The third kappa shape index (κ3) is 3.83. The van der Waals surface area contributed by atoms with Crippen molar-refractivity contribution in [1.82, 2.24) is 4.31 Å². The standard InChI is InChI=1S/C18H20N2O4S/c1-24-16-6-9-18(21)14(12-16)13-19-15-4-7-17(8-5-15)25(22,23)20-10-2-3-11-20/h4-9,12-13,21H,2-3,10-11H2,1H3. The van der Waals surface area contributed by atoms with Gasteiger partial charge < -0.3 is 9.84 Å². The van der Waals surface area contributed by atoms with E-state index in [1.54, 1.807) is 43.5 Å². The lowest BCUT2D eigenvalue weighted by molar-refractivity contribution is 0.412. The van der Waals surface area contributed by atoms with E-state index in [4.69, 9.17) is 4.74 Å². The first kappa shape index (κ1) is 17.4. The van der Waals surface area contributed by atoms with Gasteiger partial charge in [0.2, 0.25) is 10.0 Å². The maximum Gasteiger partial charge on any atom is 0.243 e. The molecule has 0 aromatic heterocycles. The second-order valence-electron chi connectivity index (χ2n) is 5.79. The molecule has 0 radical (unpaired) electrons. The molecule has 7 heteroatoms. The van der Waals surface area contributed by atoms with Gasteiger partial charge in [0, 0.05) is 24.9 Å². The van der Waals surface area contributed by atoms with Gasteiger partial charge in [-0.25, -0.2) is 8.42 Å². The Labute approximate surface area is 147 Å². The normalized spacial score (nSPS) is 15.7. The molecule has 0 amide bonds. The van der Waals surface area contributed by atoms with Crippen molar-refractivity contribution < 1.29 is 18.3 Å². The topological polar surface area (TPSA) is 79.2 Å². The number of sulfonamides is 1. The molecular weight excluding hydrogens is 340 g/mol. The number of benzene rings is 2. The molecule has 1 aliphatic rings. The number of aromatic hydroxyl groups is 1. The monoisotopic (exact) mass is 360 g/mol. The summed E-state index contributed by atoms with van der Waals surface area (Å²) in [6, 6.07) is 11.3. The number of nitrogens with zero attached hydrogens (tertiary/aromatic N) is 2. The molecule has 2 aromatic rings. The van der Waals surface area contributed by atoms with Crippen LogP contribution in [0.15, 0.2) is 52.4 Å². The minimum Gasteiger partial charge on any atom is -0.507 e. The van der Waals surface area contributed by atoms with Gasteiger partial charge in [-0.1, -0.05) is 0 Å². The van der Waals surface area contributed by atoms with Gasteiger partial charge in [0.05, 0.1) is 17.7 Å². The lowest BCUT2D eigenvalue weighted by Crippen LogP contribution is -2.27. The summed E-state index contributed by atoms with van der Waals surface area (Å²) in [5.41, 5.74) is 1.12. The highest BCUT2D eigenvalue weighted by Crippen LogP contribution is 2.24. The maximum absolute atomic E-state index is 12.5. The predicted molar refractivity (Wildman–Crippen MR) is 96.3 cm³/mol. The Balaban J connectivity index is 1.79. The van der Waals surface area contributed by atoms with E-state index in [9.17, 15) is 13.5 Å². The van der Waals surface area contributed by atoms with Crippen LogP contribution in [0.5, 0.6) is 11.5 Å². The van der Waals surface area contributed by atoms with Gasteiger partial charge in [0.25, 0.3) is 0 Å². The first-order valence-corrected chi connectivity index (χ1v) is 9.46. The van der Waals surface area contributed by atoms with Crippen LogP contribution >= 0.6 is 0 Å². The van der Waals surface area contributed by atoms with E-state index in [1.165, 1.54) is 16.6 Å². The minimum atomic E-state index is -3.41. The molecule has 1 aliphatic heterocycles. The third-order valence-corrected chi connectivity index (χ3v) is 6.04. The van der Waals surface area contributed by atoms with Gasteiger partial charge in [-0.3, -0.25) is 4.99 Å². The van der Waals surface area contributed by atoms with Crippen LogP contribution in [0.25, 0.3) is 0 Å². The van der Waals surface area contributed by atoms with Crippen LogP contribution in [0.3, 0.4) is 0 Å². The molecule has 0 unspecified atom stereocenters. The molecule has 0 bridgehead atoms. The van der Waals surface area contributed by atoms with Gasteiger partial charge in [0.1, 0.15) is 11.5 Å². The summed E-state index contributed by atoms with van der Waals surface area (Å²) < 4.78 is 31.6. The van der Waals surface area contributed by atoms with Gasteiger partial charge in [-0.2, -0.15) is 4.31 Å². The maximum atomic E-state index is 12.5. The third-order valence-electron chi connectivity index (χ3n) is 4.13. The fraction of sp³-hybridized carbons (Fsp3) is 0.278. The summed E-state index contributed by atoms with van der Waals surface area (Å²) in [7, 11) is -1.86. The highest BCUT2D eigenvalue weighted by atomic mass is 32.2. The van der Waals surface area contributed by atoms with Crippen molar-refractivity contribution in [3.63, 3.8) is 0 Å². The smallest absolute Gasteiger partial charge is 0.243 e. The van der Waals surface area contributed by atoms with Crippen molar-refractivity contribution in [1.29, 1.82) is 0 Å². The molecule has 3 rings (SSSR count). The average molecular weight is 360 g/mol. The fourth-order valence-electron chi connectivity index (χ4n) is 2.69. The van der Waals surface area contributed by atoms with Crippen molar-refractivity contribution >= 4 is 21.9 Å². The van der Waals surface area contributed by atoms with Crippen molar-refractivity contribution in [2.75, 3.05) is 20.2 Å². The molecule has 0 saturated carbocycles. The van der Waals surface area contributed by atoms with Crippen molar-refractivity contribution in [2.24, 2.45) is 4.99 Å². The Morgan fingerprint density at radius 3 is 2.44 bits per heavy atom. The Morgan fingerprint density at radius 2 is 1.80 bits per heavy atom. The molecule has 6 nitrogen and oxygen atoms in total. The SMILES string of the molecule is COc1ccc(O)c(C=Nc2ccc(S(=O)(=O)N3CCCC3)cc2)c1. The van der Waals surface area contributed by atoms with Crippen LogP contribution in [-0.4, -0.2) is 44.2 Å². The molecule has 1 N–H and O–H groups in total. The van der Waals surface area contributed by atoms with E-state index < -0.39 is 10.0 Å². The summed E-state index contributed by atoms with van der Waals surface area (Å²) in [6.07, 6.45) is 3.33. The van der Waals surface area contributed by atoms with Crippen LogP contribution in [0.2, 0.25) is 0 Å². The Bertz CT molecular complexity index is 870. The highest BCUT2D eigenvalue weighted by Gasteiger charge is 2.26. The summed E-state index contributed by atoms with van der Waals surface area (Å²) in [4.78, 5) is 4.56. The number of aliphatic imine (C=N–C) groups is 1. The highest BCUT2D eigenvalue weighted by molar-refractivity contribution is 7.89. The van der Waals surface area contributed by atoms with Crippen LogP contribution in [0, 0.1) is 0 Å². The quantitative estimate of drug-likeness (QED) is 0.832. The summed E-state index contributed by atoms with van der Waals surface area (Å²) >= 11 is 0. The number of phenolic OH excluding ortho intramolecular Hbond substituents is 1.